The van der Waals surface area contributed by atoms with Crippen LogP contribution in [0.2, 0.25) is 0 Å². The van der Waals surface area contributed by atoms with Crippen LogP contribution in [0.3, 0.4) is 0 Å². The van der Waals surface area contributed by atoms with Crippen molar-refractivity contribution >= 4 is 43.5 Å². The maximum atomic E-state index is 12.2. The molecule has 1 N–H and O–H groups in total. The van der Waals surface area contributed by atoms with E-state index in [1.54, 1.807) is 0 Å². The first-order valence-electron chi connectivity index (χ1n) is 5.81. The van der Waals surface area contributed by atoms with Crippen LogP contribution in [0.5, 0.6) is 0 Å². The molecule has 0 aromatic heterocycles. The third kappa shape index (κ3) is 3.45. The zero-order valence-corrected chi connectivity index (χ0v) is 13.8. The standard InChI is InChI=1S/C15H13Br2NO/c1-9-3-6-14(13(17)7-9)18-15(19)11-5-4-10(2)12(16)8-11/h3-8H,1-2H3,(H,18,19). The Kier molecular flexibility index (Phi) is 4.42. The molecule has 4 heteroatoms. The Labute approximate surface area is 129 Å². The lowest BCUT2D eigenvalue weighted by Crippen LogP contribution is -2.12. The van der Waals surface area contributed by atoms with Crippen LogP contribution >= 0.6 is 31.9 Å². The van der Waals surface area contributed by atoms with Crippen molar-refractivity contribution in [1.29, 1.82) is 0 Å². The van der Waals surface area contributed by atoms with Gasteiger partial charge in [0.05, 0.1) is 5.69 Å². The minimum absolute atomic E-state index is 0.120. The van der Waals surface area contributed by atoms with E-state index in [1.807, 2.05) is 50.2 Å². The van der Waals surface area contributed by atoms with E-state index in [0.29, 0.717) is 5.56 Å². The summed E-state index contributed by atoms with van der Waals surface area (Å²) >= 11 is 6.88. The molecule has 0 bridgehead atoms. The van der Waals surface area contributed by atoms with Crippen LogP contribution in [0.4, 0.5) is 5.69 Å². The second kappa shape index (κ2) is 5.88. The lowest BCUT2D eigenvalue weighted by Gasteiger charge is -2.09. The number of amides is 1. The van der Waals surface area contributed by atoms with Crippen LogP contribution < -0.4 is 5.32 Å². The van der Waals surface area contributed by atoms with Gasteiger partial charge in [0.25, 0.3) is 5.91 Å². The number of nitrogens with one attached hydrogen (secondary N) is 1. The SMILES string of the molecule is Cc1ccc(NC(=O)c2ccc(C)c(Br)c2)c(Br)c1. The van der Waals surface area contributed by atoms with E-state index in [4.69, 9.17) is 0 Å². The highest BCUT2D eigenvalue weighted by molar-refractivity contribution is 9.10. The van der Waals surface area contributed by atoms with E-state index >= 15 is 0 Å². The van der Waals surface area contributed by atoms with Gasteiger partial charge in [-0.15, -0.1) is 0 Å². The maximum absolute atomic E-state index is 12.2. The van der Waals surface area contributed by atoms with Crippen molar-refractivity contribution in [2.75, 3.05) is 5.32 Å². The summed E-state index contributed by atoms with van der Waals surface area (Å²) in [7, 11) is 0. The third-order valence-corrected chi connectivity index (χ3v) is 4.32. The molecule has 0 saturated heterocycles. The molecule has 2 rings (SSSR count). The Balaban J connectivity index is 2.23. The van der Waals surface area contributed by atoms with Crippen molar-refractivity contribution in [3.8, 4) is 0 Å². The average molecular weight is 383 g/mol. The molecule has 0 fully saturated rings. The first kappa shape index (κ1) is 14.3. The smallest absolute Gasteiger partial charge is 0.255 e. The van der Waals surface area contributed by atoms with Crippen molar-refractivity contribution < 1.29 is 4.79 Å². The van der Waals surface area contributed by atoms with Gasteiger partial charge < -0.3 is 5.32 Å². The fourth-order valence-electron chi connectivity index (χ4n) is 1.65. The Morgan fingerprint density at radius 3 is 2.37 bits per heavy atom. The lowest BCUT2D eigenvalue weighted by atomic mass is 10.1. The highest BCUT2D eigenvalue weighted by Crippen LogP contribution is 2.24. The monoisotopic (exact) mass is 381 g/mol. The number of rotatable bonds is 2. The summed E-state index contributed by atoms with van der Waals surface area (Å²) in [6, 6.07) is 11.4. The van der Waals surface area contributed by atoms with E-state index in [1.165, 1.54) is 0 Å². The first-order chi connectivity index (χ1) is 8.97. The summed E-state index contributed by atoms with van der Waals surface area (Å²) in [5.41, 5.74) is 3.65. The van der Waals surface area contributed by atoms with Gasteiger partial charge in [0.15, 0.2) is 0 Å². The molecule has 0 aliphatic carbocycles. The van der Waals surface area contributed by atoms with Gasteiger partial charge in [0.1, 0.15) is 0 Å². The molecule has 0 heterocycles. The summed E-state index contributed by atoms with van der Waals surface area (Å²) < 4.78 is 1.81. The van der Waals surface area contributed by atoms with E-state index in [0.717, 1.165) is 25.8 Å². The van der Waals surface area contributed by atoms with Crippen molar-refractivity contribution in [1.82, 2.24) is 0 Å². The topological polar surface area (TPSA) is 29.1 Å². The van der Waals surface area contributed by atoms with Gasteiger partial charge in [0, 0.05) is 14.5 Å². The molecule has 2 aromatic carbocycles. The summed E-state index contributed by atoms with van der Waals surface area (Å²) in [5.74, 6) is -0.120. The molecule has 0 aliphatic heterocycles. The van der Waals surface area contributed by atoms with Gasteiger partial charge in [-0.2, -0.15) is 0 Å². The molecular formula is C15H13Br2NO. The molecule has 1 amide bonds. The molecule has 0 spiro atoms. The number of carbonyl (C=O) groups is 1. The van der Waals surface area contributed by atoms with Gasteiger partial charge >= 0.3 is 0 Å². The highest BCUT2D eigenvalue weighted by atomic mass is 79.9. The Bertz CT molecular complexity index is 638. The van der Waals surface area contributed by atoms with Crippen LogP contribution in [0.15, 0.2) is 45.3 Å². The molecular weight excluding hydrogens is 370 g/mol. The van der Waals surface area contributed by atoms with Crippen LogP contribution in [0, 0.1) is 13.8 Å². The Morgan fingerprint density at radius 1 is 1.00 bits per heavy atom. The zero-order chi connectivity index (χ0) is 14.0. The quantitative estimate of drug-likeness (QED) is 0.770. The fourth-order valence-corrected chi connectivity index (χ4v) is 2.62. The summed E-state index contributed by atoms with van der Waals surface area (Å²) in [5, 5.41) is 2.89. The van der Waals surface area contributed by atoms with Gasteiger partial charge in [-0.1, -0.05) is 28.1 Å². The minimum Gasteiger partial charge on any atom is -0.321 e. The number of anilines is 1. The first-order valence-corrected chi connectivity index (χ1v) is 7.39. The molecule has 0 unspecified atom stereocenters. The second-order valence-corrected chi connectivity index (χ2v) is 6.11. The number of aryl methyl sites for hydroxylation is 2. The maximum Gasteiger partial charge on any atom is 0.255 e. The van der Waals surface area contributed by atoms with E-state index in [9.17, 15) is 4.79 Å². The molecule has 0 radical (unpaired) electrons. The van der Waals surface area contributed by atoms with Crippen LogP contribution in [0.25, 0.3) is 0 Å². The van der Waals surface area contributed by atoms with Crippen molar-refractivity contribution in [3.63, 3.8) is 0 Å². The lowest BCUT2D eigenvalue weighted by molar-refractivity contribution is 0.102. The van der Waals surface area contributed by atoms with Crippen molar-refractivity contribution in [2.45, 2.75) is 13.8 Å². The zero-order valence-electron chi connectivity index (χ0n) is 10.6. The largest absolute Gasteiger partial charge is 0.321 e. The number of hydrogen-bond acceptors (Lipinski definition) is 1. The molecule has 2 aromatic rings. The number of hydrogen-bond donors (Lipinski definition) is 1. The molecule has 2 nitrogen and oxygen atoms in total. The van der Waals surface area contributed by atoms with Crippen LogP contribution in [-0.4, -0.2) is 5.91 Å². The highest BCUT2D eigenvalue weighted by Gasteiger charge is 2.09. The van der Waals surface area contributed by atoms with E-state index in [2.05, 4.69) is 37.2 Å². The van der Waals surface area contributed by atoms with Gasteiger partial charge in [-0.3, -0.25) is 4.79 Å². The predicted octanol–water partition coefficient (Wildman–Crippen LogP) is 5.08. The minimum atomic E-state index is -0.120. The summed E-state index contributed by atoms with van der Waals surface area (Å²) in [6.45, 7) is 4.00. The number of carbonyl (C=O) groups excluding carboxylic acids is 1. The van der Waals surface area contributed by atoms with Gasteiger partial charge in [-0.25, -0.2) is 0 Å². The Morgan fingerprint density at radius 2 is 1.74 bits per heavy atom. The molecule has 0 aliphatic rings. The summed E-state index contributed by atoms with van der Waals surface area (Å²) in [6.07, 6.45) is 0. The van der Waals surface area contributed by atoms with Crippen LogP contribution in [0.1, 0.15) is 21.5 Å². The fraction of sp³-hybridized carbons (Fsp3) is 0.133. The van der Waals surface area contributed by atoms with Crippen LogP contribution in [-0.2, 0) is 0 Å². The third-order valence-electron chi connectivity index (χ3n) is 2.81. The normalized spacial score (nSPS) is 10.3. The average Bonchev–Trinajstić information content (AvgIpc) is 2.36. The summed E-state index contributed by atoms with van der Waals surface area (Å²) in [4.78, 5) is 12.2. The predicted molar refractivity (Wildman–Crippen MR) is 85.7 cm³/mol. The Hall–Kier alpha value is -1.13. The second-order valence-electron chi connectivity index (χ2n) is 4.40. The van der Waals surface area contributed by atoms with Crippen molar-refractivity contribution in [3.05, 3.63) is 62.0 Å². The number of halogens is 2. The van der Waals surface area contributed by atoms with Crippen molar-refractivity contribution in [2.24, 2.45) is 0 Å². The van der Waals surface area contributed by atoms with Gasteiger partial charge in [0.2, 0.25) is 0 Å². The number of benzene rings is 2. The molecule has 19 heavy (non-hydrogen) atoms. The molecule has 98 valence electrons. The van der Waals surface area contributed by atoms with E-state index in [-0.39, 0.29) is 5.91 Å². The van der Waals surface area contributed by atoms with E-state index < -0.39 is 0 Å². The van der Waals surface area contributed by atoms with Gasteiger partial charge in [-0.05, 0) is 65.2 Å². The molecule has 0 atom stereocenters. The molecule has 0 saturated carbocycles.